The summed E-state index contributed by atoms with van der Waals surface area (Å²) in [6.45, 7) is 4.74. The van der Waals surface area contributed by atoms with Gasteiger partial charge in [-0.3, -0.25) is 0 Å². The van der Waals surface area contributed by atoms with Gasteiger partial charge in [0, 0.05) is 18.7 Å². The van der Waals surface area contributed by atoms with Crippen LogP contribution in [-0.4, -0.2) is 30.8 Å². The first-order valence-corrected chi connectivity index (χ1v) is 5.24. The van der Waals surface area contributed by atoms with Crippen LogP contribution in [0.2, 0.25) is 0 Å². The van der Waals surface area contributed by atoms with Crippen molar-refractivity contribution in [3.63, 3.8) is 0 Å². The minimum Gasteiger partial charge on any atom is -0.379 e. The summed E-state index contributed by atoms with van der Waals surface area (Å²) in [5.41, 5.74) is 6.43. The lowest BCUT2D eigenvalue weighted by Crippen LogP contribution is -2.57. The molecule has 2 aliphatic rings. The predicted octanol–water partition coefficient (Wildman–Crippen LogP) is 0.636. The first-order valence-electron chi connectivity index (χ1n) is 5.24. The molecule has 13 heavy (non-hydrogen) atoms. The fraction of sp³-hybridized carbons (Fsp3) is 1.00. The van der Waals surface area contributed by atoms with Crippen LogP contribution in [-0.2, 0) is 4.74 Å². The second kappa shape index (κ2) is 3.23. The molecular formula is C10H20N2O. The zero-order chi connectivity index (χ0) is 9.36. The molecule has 3 heteroatoms. The second-order valence-corrected chi connectivity index (χ2v) is 4.93. The average molecular weight is 184 g/mol. The molecular weight excluding hydrogens is 164 g/mol. The summed E-state index contributed by atoms with van der Waals surface area (Å²) in [5.74, 6) is 0. The summed E-state index contributed by atoms with van der Waals surface area (Å²) in [5, 5.41) is 3.57. The molecule has 3 N–H and O–H groups in total. The van der Waals surface area contributed by atoms with Crippen molar-refractivity contribution in [2.24, 2.45) is 5.73 Å². The van der Waals surface area contributed by atoms with Crippen LogP contribution in [0.25, 0.3) is 0 Å². The van der Waals surface area contributed by atoms with Crippen molar-refractivity contribution in [3.05, 3.63) is 0 Å². The third-order valence-electron chi connectivity index (χ3n) is 3.46. The predicted molar refractivity (Wildman–Crippen MR) is 52.6 cm³/mol. The second-order valence-electron chi connectivity index (χ2n) is 4.93. The van der Waals surface area contributed by atoms with Gasteiger partial charge in [-0.25, -0.2) is 0 Å². The van der Waals surface area contributed by atoms with Crippen LogP contribution in [0.5, 0.6) is 0 Å². The number of ether oxygens (including phenoxy) is 1. The van der Waals surface area contributed by atoms with E-state index in [0.29, 0.717) is 5.54 Å². The molecule has 0 aromatic rings. The Bertz CT molecular complexity index is 183. The maximum atomic E-state index is 6.16. The Morgan fingerprint density at radius 2 is 2.15 bits per heavy atom. The highest BCUT2D eigenvalue weighted by molar-refractivity contribution is 4.97. The summed E-state index contributed by atoms with van der Waals surface area (Å²) in [6, 6.07) is 0. The number of nitrogens with one attached hydrogen (secondary N) is 1. The van der Waals surface area contributed by atoms with Gasteiger partial charge in [0.15, 0.2) is 0 Å². The van der Waals surface area contributed by atoms with Gasteiger partial charge in [-0.1, -0.05) is 0 Å². The van der Waals surface area contributed by atoms with E-state index in [-0.39, 0.29) is 5.54 Å². The van der Waals surface area contributed by atoms with Crippen LogP contribution < -0.4 is 11.1 Å². The molecule has 1 atom stereocenters. The third kappa shape index (κ3) is 2.03. The van der Waals surface area contributed by atoms with E-state index in [4.69, 9.17) is 10.5 Å². The number of rotatable bonds is 3. The van der Waals surface area contributed by atoms with Crippen molar-refractivity contribution in [1.82, 2.24) is 5.32 Å². The highest BCUT2D eigenvalue weighted by atomic mass is 16.5. The molecule has 2 rings (SSSR count). The molecule has 3 nitrogen and oxygen atoms in total. The largest absolute Gasteiger partial charge is 0.379 e. The van der Waals surface area contributed by atoms with Gasteiger partial charge in [0.2, 0.25) is 0 Å². The smallest absolute Gasteiger partial charge is 0.0659 e. The van der Waals surface area contributed by atoms with Crippen molar-refractivity contribution < 1.29 is 4.74 Å². The molecule has 0 radical (unpaired) electrons. The molecule has 1 aliphatic carbocycles. The van der Waals surface area contributed by atoms with E-state index in [1.165, 1.54) is 19.3 Å². The van der Waals surface area contributed by atoms with Crippen molar-refractivity contribution in [1.29, 1.82) is 0 Å². The van der Waals surface area contributed by atoms with Gasteiger partial charge in [-0.05, 0) is 32.6 Å². The first kappa shape index (κ1) is 9.44. The summed E-state index contributed by atoms with van der Waals surface area (Å²) in [6.07, 6.45) is 4.95. The average Bonchev–Trinajstić information content (AvgIpc) is 2.46. The molecule has 0 aromatic carbocycles. The molecule has 1 saturated heterocycles. The molecule has 1 aliphatic heterocycles. The minimum atomic E-state index is -0.0986. The fourth-order valence-electron chi connectivity index (χ4n) is 2.04. The summed E-state index contributed by atoms with van der Waals surface area (Å²) in [4.78, 5) is 0. The molecule has 0 aromatic heterocycles. The van der Waals surface area contributed by atoms with Crippen molar-refractivity contribution in [3.8, 4) is 0 Å². The van der Waals surface area contributed by atoms with E-state index in [9.17, 15) is 0 Å². The Kier molecular flexibility index (Phi) is 2.34. The van der Waals surface area contributed by atoms with E-state index in [1.807, 2.05) is 0 Å². The molecule has 0 bridgehead atoms. The van der Waals surface area contributed by atoms with Gasteiger partial charge in [0.1, 0.15) is 0 Å². The Morgan fingerprint density at radius 3 is 2.62 bits per heavy atom. The van der Waals surface area contributed by atoms with Crippen LogP contribution >= 0.6 is 0 Å². The number of hydrogen-bond donors (Lipinski definition) is 2. The van der Waals surface area contributed by atoms with E-state index in [1.54, 1.807) is 0 Å². The van der Waals surface area contributed by atoms with Crippen molar-refractivity contribution in [2.45, 2.75) is 43.7 Å². The molecule has 1 unspecified atom stereocenters. The van der Waals surface area contributed by atoms with Gasteiger partial charge in [-0.2, -0.15) is 0 Å². The fourth-order valence-corrected chi connectivity index (χ4v) is 2.04. The minimum absolute atomic E-state index is 0.0986. The third-order valence-corrected chi connectivity index (χ3v) is 3.46. The van der Waals surface area contributed by atoms with Crippen LogP contribution in [0, 0.1) is 0 Å². The van der Waals surface area contributed by atoms with Gasteiger partial charge in [0.25, 0.3) is 0 Å². The molecule has 1 heterocycles. The monoisotopic (exact) mass is 184 g/mol. The highest BCUT2D eigenvalue weighted by Crippen LogP contribution is 2.31. The quantitative estimate of drug-likeness (QED) is 0.676. The summed E-state index contributed by atoms with van der Waals surface area (Å²) < 4.78 is 5.31. The van der Waals surface area contributed by atoms with Gasteiger partial charge in [0.05, 0.1) is 12.1 Å². The van der Waals surface area contributed by atoms with Crippen LogP contribution in [0.3, 0.4) is 0 Å². The van der Waals surface area contributed by atoms with Crippen molar-refractivity contribution >= 4 is 0 Å². The zero-order valence-corrected chi connectivity index (χ0v) is 8.44. The topological polar surface area (TPSA) is 47.3 Å². The molecule has 1 saturated carbocycles. The van der Waals surface area contributed by atoms with E-state index < -0.39 is 0 Å². The van der Waals surface area contributed by atoms with Crippen LogP contribution in [0.15, 0.2) is 0 Å². The SMILES string of the molecule is CC1(NCC2(N)CCOC2)CCC1. The lowest BCUT2D eigenvalue weighted by molar-refractivity contribution is 0.158. The zero-order valence-electron chi connectivity index (χ0n) is 8.44. The molecule has 0 amide bonds. The molecule has 2 fully saturated rings. The summed E-state index contributed by atoms with van der Waals surface area (Å²) >= 11 is 0. The Labute approximate surface area is 80.0 Å². The van der Waals surface area contributed by atoms with Crippen molar-refractivity contribution in [2.75, 3.05) is 19.8 Å². The Balaban J connectivity index is 1.77. The van der Waals surface area contributed by atoms with Gasteiger partial charge >= 0.3 is 0 Å². The standard InChI is InChI=1S/C10H20N2O/c1-9(3-2-4-9)12-7-10(11)5-6-13-8-10/h12H,2-8,11H2,1H3. The molecule has 76 valence electrons. The van der Waals surface area contributed by atoms with Crippen LogP contribution in [0.4, 0.5) is 0 Å². The number of hydrogen-bond acceptors (Lipinski definition) is 3. The van der Waals surface area contributed by atoms with E-state index in [2.05, 4.69) is 12.2 Å². The van der Waals surface area contributed by atoms with Gasteiger partial charge in [-0.15, -0.1) is 0 Å². The van der Waals surface area contributed by atoms with E-state index in [0.717, 1.165) is 26.2 Å². The maximum absolute atomic E-state index is 6.16. The lowest BCUT2D eigenvalue weighted by Gasteiger charge is -2.41. The van der Waals surface area contributed by atoms with Crippen LogP contribution in [0.1, 0.15) is 32.6 Å². The Morgan fingerprint density at radius 1 is 1.38 bits per heavy atom. The molecule has 0 spiro atoms. The normalized spacial score (nSPS) is 37.4. The van der Waals surface area contributed by atoms with E-state index >= 15 is 0 Å². The van der Waals surface area contributed by atoms with Gasteiger partial charge < -0.3 is 15.8 Å². The lowest BCUT2D eigenvalue weighted by atomic mass is 9.78. The highest BCUT2D eigenvalue weighted by Gasteiger charge is 2.36. The Hall–Kier alpha value is -0.120. The number of nitrogens with two attached hydrogens (primary N) is 1. The summed E-state index contributed by atoms with van der Waals surface area (Å²) in [7, 11) is 0. The maximum Gasteiger partial charge on any atom is 0.0659 e. The first-order chi connectivity index (χ1) is 6.12.